The summed E-state index contributed by atoms with van der Waals surface area (Å²) in [6.45, 7) is 0. The van der Waals surface area contributed by atoms with Crippen molar-refractivity contribution in [2.24, 2.45) is 0 Å². The molecule has 0 radical (unpaired) electrons. The van der Waals surface area contributed by atoms with E-state index in [2.05, 4.69) is 54.8 Å². The molecule has 8 aromatic carbocycles. The predicted octanol–water partition coefficient (Wildman–Crippen LogP) is 12.6. The Morgan fingerprint density at radius 2 is 0.730 bits per heavy atom. The lowest BCUT2D eigenvalue weighted by atomic mass is 9.96. The molecule has 24 heteroatoms. The fourth-order valence-electron chi connectivity index (χ4n) is 11.3. The highest BCUT2D eigenvalue weighted by Gasteiger charge is 2.34. The molecule has 0 bridgehead atoms. The van der Waals surface area contributed by atoms with Gasteiger partial charge in [0.15, 0.2) is 0 Å². The van der Waals surface area contributed by atoms with Gasteiger partial charge in [-0.2, -0.15) is 0 Å². The van der Waals surface area contributed by atoms with E-state index in [1.165, 1.54) is 4.90 Å². The van der Waals surface area contributed by atoms with Crippen LogP contribution in [0.5, 0.6) is 0 Å². The van der Waals surface area contributed by atoms with Gasteiger partial charge in [0.1, 0.15) is 0 Å². The number of hydrogen-bond donors (Lipinski definition) is 4. The van der Waals surface area contributed by atoms with E-state index >= 15 is 0 Å². The van der Waals surface area contributed by atoms with E-state index in [1.807, 2.05) is 116 Å². The number of carbonyl (C=O) groups excluding carboxylic acids is 1. The summed E-state index contributed by atoms with van der Waals surface area (Å²) < 4.78 is 111. The van der Waals surface area contributed by atoms with E-state index in [-0.39, 0.29) is 10.8 Å². The van der Waals surface area contributed by atoms with Crippen molar-refractivity contribution in [2.45, 2.75) is 19.6 Å². The number of halogens is 1. The van der Waals surface area contributed by atoms with Gasteiger partial charge in [-0.1, -0.05) is 119 Å². The molecule has 4 aromatic heterocycles. The van der Waals surface area contributed by atoms with Crippen LogP contribution >= 0.6 is 15.9 Å². The fourth-order valence-corrected chi connectivity index (χ4v) is 17.1. The number of hydrogen-bond acceptors (Lipinski definition) is 14. The van der Waals surface area contributed by atoms with Crippen molar-refractivity contribution < 1.29 is 38.5 Å². The van der Waals surface area contributed by atoms with Gasteiger partial charge >= 0.3 is 0 Å². The second kappa shape index (κ2) is 22.1. The van der Waals surface area contributed by atoms with E-state index < -0.39 is 40.1 Å². The Balaban J connectivity index is 0.000000109. The van der Waals surface area contributed by atoms with Crippen molar-refractivity contribution in [3.05, 3.63) is 211 Å². The molecule has 12 aromatic rings. The summed E-state index contributed by atoms with van der Waals surface area (Å²) in [7, 11) is -7.07. The highest BCUT2D eigenvalue weighted by molar-refractivity contribution is 9.10. The average molecular weight is 1320 g/mol. The molecule has 89 heavy (non-hydrogen) atoms. The summed E-state index contributed by atoms with van der Waals surface area (Å²) in [5.74, 6) is -0.160. The monoisotopic (exact) mass is 1320 g/mol. The molecule has 4 aliphatic rings. The molecule has 4 aliphatic heterocycles. The SMILES string of the molecule is CN(C)C(=O)c1cc2c(c3ncccc13)NS(=O)(=O)c1ccccc1-2.CN(C)c1cc2c(c3ncccc13)NS(=O)(=O)c1ccccc1-2.O=S1(=O)Nc2c(cc(Br)c3cccnc23)-c2ccccc21.O=S1(=O)Nc2c(ccc3cccnc23)-c2ccccc21. The van der Waals surface area contributed by atoms with Crippen LogP contribution in [0.4, 0.5) is 28.4 Å². The maximum absolute atomic E-state index is 12.6. The number of nitrogens with zero attached hydrogens (tertiary/aromatic N) is 6. The van der Waals surface area contributed by atoms with Crippen molar-refractivity contribution in [3.63, 3.8) is 0 Å². The maximum atomic E-state index is 12.6. The van der Waals surface area contributed by atoms with Gasteiger partial charge in [0, 0.05) is 135 Å². The van der Waals surface area contributed by atoms with Gasteiger partial charge in [-0.15, -0.1) is 0 Å². The summed E-state index contributed by atoms with van der Waals surface area (Å²) in [5, 5.41) is 3.31. The molecule has 16 rings (SSSR count). The third kappa shape index (κ3) is 10.2. The lowest BCUT2D eigenvalue weighted by molar-refractivity contribution is 0.0829. The van der Waals surface area contributed by atoms with Crippen LogP contribution in [0, 0.1) is 0 Å². The van der Waals surface area contributed by atoms with Crippen LogP contribution < -0.4 is 23.8 Å². The molecule has 444 valence electrons. The normalized spacial score (nSPS) is 14.8. The van der Waals surface area contributed by atoms with Crippen LogP contribution in [-0.4, -0.2) is 92.6 Å². The average Bonchev–Trinajstić information content (AvgIpc) is 0.795. The number of nitrogens with one attached hydrogen (secondary N) is 4. The molecule has 0 spiro atoms. The number of pyridine rings is 4. The summed E-state index contributed by atoms with van der Waals surface area (Å²) in [6.07, 6.45) is 6.58. The molecule has 0 saturated heterocycles. The van der Waals surface area contributed by atoms with Gasteiger partial charge in [0.05, 0.1) is 64.4 Å². The first-order valence-electron chi connectivity index (χ1n) is 27.3. The highest BCUT2D eigenvalue weighted by Crippen LogP contribution is 2.48. The van der Waals surface area contributed by atoms with Crippen molar-refractivity contribution in [3.8, 4) is 44.5 Å². The topological polar surface area (TPSA) is 260 Å². The van der Waals surface area contributed by atoms with E-state index in [1.54, 1.807) is 118 Å². The minimum Gasteiger partial charge on any atom is -0.377 e. The van der Waals surface area contributed by atoms with Crippen LogP contribution in [0.3, 0.4) is 0 Å². The standard InChI is InChI=1S/C18H15N3O3S.C17H15N3O2S.C15H9BrN2O2S.C15H10N2O2S/c1-21(2)18(22)14-10-13-11-6-3-4-8-15(11)25(23,24)20-17(13)16-12(14)7-5-9-19-16;1-20(2)14-10-13-11-6-3-4-8-15(11)23(21,22)19-17(13)16-12(14)7-5-9-18-16;16-12-8-11-9-4-1-2-6-13(9)21(19,20)18-15(11)14-10(12)5-3-7-17-14;18-20(19)13-6-2-1-5-11(13)12-8-7-10-4-3-9-16-14(10)15(12)17-20/h3-10,20H,1-2H3;3-10,19H,1-2H3;1-8,18H;1-9,17H. The minimum absolute atomic E-state index is 0.160. The van der Waals surface area contributed by atoms with Crippen molar-refractivity contribution in [2.75, 3.05) is 52.0 Å². The first-order valence-corrected chi connectivity index (χ1v) is 34.0. The first-order chi connectivity index (χ1) is 42.6. The number of benzene rings is 8. The van der Waals surface area contributed by atoms with Crippen molar-refractivity contribution in [1.82, 2.24) is 24.8 Å². The summed E-state index contributed by atoms with van der Waals surface area (Å²) in [6, 6.07) is 52.1. The van der Waals surface area contributed by atoms with Gasteiger partial charge in [0.25, 0.3) is 46.0 Å². The zero-order valence-corrected chi connectivity index (χ0v) is 52.3. The van der Waals surface area contributed by atoms with Crippen LogP contribution in [0.25, 0.3) is 88.1 Å². The molecule has 4 N–H and O–H groups in total. The number of anilines is 5. The number of sulfonamides is 4. The van der Waals surface area contributed by atoms with Crippen LogP contribution in [-0.2, 0) is 40.1 Å². The van der Waals surface area contributed by atoms with Crippen LogP contribution in [0.2, 0.25) is 0 Å². The molecular formula is C65H49BrN10O9S4. The number of amides is 1. The Kier molecular flexibility index (Phi) is 14.4. The molecule has 0 saturated carbocycles. The Hall–Kier alpha value is -9.85. The summed E-state index contributed by atoms with van der Waals surface area (Å²) in [5.41, 5.74) is 11.8. The van der Waals surface area contributed by atoms with Gasteiger partial charge in [0.2, 0.25) is 0 Å². The second-order valence-electron chi connectivity index (χ2n) is 21.2. The van der Waals surface area contributed by atoms with E-state index in [4.69, 9.17) is 0 Å². The van der Waals surface area contributed by atoms with Gasteiger partial charge < -0.3 is 9.80 Å². The first kappa shape index (κ1) is 58.2. The zero-order chi connectivity index (χ0) is 62.3. The highest BCUT2D eigenvalue weighted by atomic mass is 79.9. The minimum atomic E-state index is -3.68. The number of rotatable bonds is 2. The Morgan fingerprint density at radius 1 is 0.371 bits per heavy atom. The second-order valence-corrected chi connectivity index (χ2v) is 28.7. The predicted molar refractivity (Wildman–Crippen MR) is 352 cm³/mol. The van der Waals surface area contributed by atoms with E-state index in [9.17, 15) is 38.5 Å². The van der Waals surface area contributed by atoms with Gasteiger partial charge in [-0.3, -0.25) is 43.6 Å². The third-order valence-corrected chi connectivity index (χ3v) is 21.6. The fraction of sp³-hybridized carbons (Fsp3) is 0.0615. The Labute approximate surface area is 520 Å². The van der Waals surface area contributed by atoms with Crippen molar-refractivity contribution in [1.29, 1.82) is 0 Å². The van der Waals surface area contributed by atoms with Crippen LogP contribution in [0.15, 0.2) is 225 Å². The maximum Gasteiger partial charge on any atom is 0.262 e. The number of carbonyl (C=O) groups is 1. The molecule has 0 atom stereocenters. The van der Waals surface area contributed by atoms with E-state index in [0.717, 1.165) is 43.0 Å². The molecule has 19 nitrogen and oxygen atoms in total. The Bertz CT molecular complexity index is 5480. The van der Waals surface area contributed by atoms with E-state index in [0.29, 0.717) is 98.3 Å². The smallest absolute Gasteiger partial charge is 0.262 e. The number of aromatic nitrogens is 4. The third-order valence-electron chi connectivity index (χ3n) is 15.3. The molecule has 0 fully saturated rings. The zero-order valence-electron chi connectivity index (χ0n) is 47.4. The molecule has 8 heterocycles. The molecule has 0 unspecified atom stereocenters. The largest absolute Gasteiger partial charge is 0.377 e. The quantitative estimate of drug-likeness (QED) is 0.126. The van der Waals surface area contributed by atoms with Crippen molar-refractivity contribution >= 4 is 134 Å². The molecule has 0 aliphatic carbocycles. The summed E-state index contributed by atoms with van der Waals surface area (Å²) >= 11 is 3.54. The molecular weight excluding hydrogens is 1270 g/mol. The number of fused-ring (bicyclic) bond motifs is 20. The summed E-state index contributed by atoms with van der Waals surface area (Å²) in [4.78, 5) is 34.6. The van der Waals surface area contributed by atoms with Gasteiger partial charge in [-0.25, -0.2) is 33.7 Å². The van der Waals surface area contributed by atoms with Gasteiger partial charge in [-0.05, 0) is 72.8 Å². The lowest BCUT2D eigenvalue weighted by Crippen LogP contribution is -2.24. The molecule has 1 amide bonds. The van der Waals surface area contributed by atoms with Crippen LogP contribution in [0.1, 0.15) is 10.4 Å². The lowest BCUT2D eigenvalue weighted by Gasteiger charge is -2.25. The Morgan fingerprint density at radius 3 is 1.19 bits per heavy atom.